The number of carbonyl (C=O) groups is 1. The number of rotatable bonds is 3. The van der Waals surface area contributed by atoms with Crippen molar-refractivity contribution in [2.24, 2.45) is 0 Å². The van der Waals surface area contributed by atoms with E-state index in [4.69, 9.17) is 11.6 Å². The molecule has 1 aliphatic rings. The van der Waals surface area contributed by atoms with Crippen LogP contribution in [0, 0.1) is 11.3 Å². The van der Waals surface area contributed by atoms with Crippen molar-refractivity contribution in [3.05, 3.63) is 58.7 Å². The molecule has 2 rings (SSSR count). The second-order valence-electron chi connectivity index (χ2n) is 4.12. The minimum Gasteiger partial charge on any atom is -0.292 e. The summed E-state index contributed by atoms with van der Waals surface area (Å²) in [6.45, 7) is 0. The Labute approximate surface area is 111 Å². The molecular weight excluding hydrogens is 246 g/mol. The SMILES string of the molecule is N#CC(C(=O)C1=CCCC=C1)c1cccc(Cl)c1. The minimum absolute atomic E-state index is 0.157. The first-order valence-corrected chi connectivity index (χ1v) is 6.16. The van der Waals surface area contributed by atoms with Gasteiger partial charge in [-0.25, -0.2) is 0 Å². The lowest BCUT2D eigenvalue weighted by molar-refractivity contribution is -0.115. The van der Waals surface area contributed by atoms with Gasteiger partial charge >= 0.3 is 0 Å². The smallest absolute Gasteiger partial charge is 0.184 e. The zero-order valence-corrected chi connectivity index (χ0v) is 10.5. The van der Waals surface area contributed by atoms with Crippen LogP contribution in [0.3, 0.4) is 0 Å². The molecule has 1 atom stereocenters. The molecule has 3 heteroatoms. The molecule has 0 amide bonds. The molecule has 18 heavy (non-hydrogen) atoms. The van der Waals surface area contributed by atoms with Gasteiger partial charge in [-0.2, -0.15) is 5.26 Å². The van der Waals surface area contributed by atoms with Crippen LogP contribution in [0.2, 0.25) is 5.02 Å². The Morgan fingerprint density at radius 1 is 1.39 bits per heavy atom. The van der Waals surface area contributed by atoms with E-state index in [2.05, 4.69) is 6.07 Å². The molecule has 0 spiro atoms. The van der Waals surface area contributed by atoms with Crippen LogP contribution in [0.25, 0.3) is 0 Å². The number of hydrogen-bond acceptors (Lipinski definition) is 2. The Kier molecular flexibility index (Phi) is 3.96. The van der Waals surface area contributed by atoms with Crippen molar-refractivity contribution < 1.29 is 4.79 Å². The highest BCUT2D eigenvalue weighted by molar-refractivity contribution is 6.30. The molecule has 1 aromatic carbocycles. The number of carbonyl (C=O) groups excluding carboxylic acids is 1. The van der Waals surface area contributed by atoms with Crippen LogP contribution in [0.4, 0.5) is 0 Å². The van der Waals surface area contributed by atoms with Gasteiger partial charge in [-0.05, 0) is 30.5 Å². The number of nitrogens with zero attached hydrogens (tertiary/aromatic N) is 1. The summed E-state index contributed by atoms with van der Waals surface area (Å²) in [4.78, 5) is 12.3. The summed E-state index contributed by atoms with van der Waals surface area (Å²) in [6.07, 6.45) is 7.44. The first kappa shape index (κ1) is 12.6. The van der Waals surface area contributed by atoms with E-state index in [0.29, 0.717) is 16.2 Å². The van der Waals surface area contributed by atoms with Crippen LogP contribution in [-0.2, 0) is 4.79 Å². The van der Waals surface area contributed by atoms with Crippen LogP contribution in [0.15, 0.2) is 48.1 Å². The van der Waals surface area contributed by atoms with Gasteiger partial charge in [-0.3, -0.25) is 4.79 Å². The third kappa shape index (κ3) is 2.69. The van der Waals surface area contributed by atoms with Gasteiger partial charge in [0.1, 0.15) is 5.92 Å². The summed E-state index contributed by atoms with van der Waals surface area (Å²) in [7, 11) is 0. The quantitative estimate of drug-likeness (QED) is 0.827. The van der Waals surface area contributed by atoms with Gasteiger partial charge in [0.25, 0.3) is 0 Å². The van der Waals surface area contributed by atoms with E-state index < -0.39 is 5.92 Å². The van der Waals surface area contributed by atoms with Gasteiger partial charge in [-0.1, -0.05) is 42.0 Å². The zero-order valence-electron chi connectivity index (χ0n) is 9.77. The molecule has 0 radical (unpaired) electrons. The summed E-state index contributed by atoms with van der Waals surface area (Å²) in [5, 5.41) is 9.74. The van der Waals surface area contributed by atoms with Crippen LogP contribution >= 0.6 is 11.6 Å². The summed E-state index contributed by atoms with van der Waals surface area (Å²) in [5.41, 5.74) is 1.27. The zero-order chi connectivity index (χ0) is 13.0. The molecule has 90 valence electrons. The Morgan fingerprint density at radius 3 is 2.83 bits per heavy atom. The molecule has 1 aliphatic carbocycles. The van der Waals surface area contributed by atoms with Crippen LogP contribution in [0.1, 0.15) is 24.3 Å². The predicted molar refractivity (Wildman–Crippen MR) is 71.3 cm³/mol. The molecule has 0 bridgehead atoms. The lowest BCUT2D eigenvalue weighted by Crippen LogP contribution is -2.13. The number of ketones is 1. The van der Waals surface area contributed by atoms with E-state index in [9.17, 15) is 10.1 Å². The van der Waals surface area contributed by atoms with Crippen molar-refractivity contribution in [3.8, 4) is 6.07 Å². The molecule has 0 aliphatic heterocycles. The molecule has 0 N–H and O–H groups in total. The highest BCUT2D eigenvalue weighted by atomic mass is 35.5. The Morgan fingerprint density at radius 2 is 2.22 bits per heavy atom. The van der Waals surface area contributed by atoms with Gasteiger partial charge in [-0.15, -0.1) is 0 Å². The highest BCUT2D eigenvalue weighted by Gasteiger charge is 2.23. The summed E-state index contributed by atoms with van der Waals surface area (Å²) in [5.74, 6) is -0.937. The molecule has 0 heterocycles. The van der Waals surface area contributed by atoms with Crippen molar-refractivity contribution in [3.63, 3.8) is 0 Å². The lowest BCUT2D eigenvalue weighted by atomic mass is 9.89. The van der Waals surface area contributed by atoms with Gasteiger partial charge < -0.3 is 0 Å². The van der Waals surface area contributed by atoms with Gasteiger partial charge in [0.15, 0.2) is 5.78 Å². The van der Waals surface area contributed by atoms with E-state index in [1.807, 2.05) is 12.2 Å². The molecule has 0 fully saturated rings. The third-order valence-electron chi connectivity index (χ3n) is 2.85. The maximum atomic E-state index is 12.3. The lowest BCUT2D eigenvalue weighted by Gasteiger charge is -2.11. The molecular formula is C15H12ClNO. The second kappa shape index (κ2) is 5.66. The van der Waals surface area contributed by atoms with Gasteiger partial charge in [0.05, 0.1) is 6.07 Å². The summed E-state index contributed by atoms with van der Waals surface area (Å²) >= 11 is 5.89. The normalized spacial score (nSPS) is 15.7. The average Bonchev–Trinajstić information content (AvgIpc) is 2.40. The standard InChI is InChI=1S/C15H12ClNO/c16-13-8-4-7-12(9-13)14(10-17)15(18)11-5-2-1-3-6-11/h2,4-9,14H,1,3H2. The van der Waals surface area contributed by atoms with Gasteiger partial charge in [0.2, 0.25) is 0 Å². The van der Waals surface area contributed by atoms with Crippen molar-refractivity contribution in [1.29, 1.82) is 5.26 Å². The first-order valence-electron chi connectivity index (χ1n) is 5.78. The topological polar surface area (TPSA) is 40.9 Å². The molecule has 0 saturated heterocycles. The van der Waals surface area contributed by atoms with Crippen molar-refractivity contribution in [1.82, 2.24) is 0 Å². The monoisotopic (exact) mass is 257 g/mol. The van der Waals surface area contributed by atoms with E-state index in [0.717, 1.165) is 12.8 Å². The maximum absolute atomic E-state index is 12.3. The molecule has 0 aromatic heterocycles. The highest BCUT2D eigenvalue weighted by Crippen LogP contribution is 2.24. The van der Waals surface area contributed by atoms with Crippen LogP contribution in [0.5, 0.6) is 0 Å². The number of halogens is 1. The predicted octanol–water partition coefficient (Wildman–Crippen LogP) is 3.79. The minimum atomic E-state index is -0.780. The summed E-state index contributed by atoms with van der Waals surface area (Å²) < 4.78 is 0. The fraction of sp³-hybridized carbons (Fsp3) is 0.200. The number of Topliss-reactive ketones (excluding diaryl/α,β-unsaturated/α-hetero) is 1. The van der Waals surface area contributed by atoms with E-state index in [1.165, 1.54) is 0 Å². The number of nitriles is 1. The number of allylic oxidation sites excluding steroid dienone is 4. The molecule has 0 saturated carbocycles. The summed E-state index contributed by atoms with van der Waals surface area (Å²) in [6, 6.07) is 8.96. The van der Waals surface area contributed by atoms with Crippen LogP contribution in [-0.4, -0.2) is 5.78 Å². The van der Waals surface area contributed by atoms with Crippen molar-refractivity contribution >= 4 is 17.4 Å². The third-order valence-corrected chi connectivity index (χ3v) is 3.09. The fourth-order valence-corrected chi connectivity index (χ4v) is 2.13. The Bertz CT molecular complexity index is 566. The second-order valence-corrected chi connectivity index (χ2v) is 4.56. The number of hydrogen-bond donors (Lipinski definition) is 0. The van der Waals surface area contributed by atoms with E-state index in [-0.39, 0.29) is 5.78 Å². The van der Waals surface area contributed by atoms with Crippen molar-refractivity contribution in [2.45, 2.75) is 18.8 Å². The first-order chi connectivity index (χ1) is 8.72. The average molecular weight is 258 g/mol. The van der Waals surface area contributed by atoms with Gasteiger partial charge in [0, 0.05) is 10.6 Å². The Hall–Kier alpha value is -1.85. The maximum Gasteiger partial charge on any atom is 0.184 e. The Balaban J connectivity index is 2.30. The van der Waals surface area contributed by atoms with Crippen LogP contribution < -0.4 is 0 Å². The largest absolute Gasteiger partial charge is 0.292 e. The number of benzene rings is 1. The van der Waals surface area contributed by atoms with E-state index in [1.54, 1.807) is 30.3 Å². The molecule has 1 aromatic rings. The molecule has 1 unspecified atom stereocenters. The van der Waals surface area contributed by atoms with Crippen molar-refractivity contribution in [2.75, 3.05) is 0 Å². The fourth-order valence-electron chi connectivity index (χ4n) is 1.93. The molecule has 2 nitrogen and oxygen atoms in total. The van der Waals surface area contributed by atoms with E-state index >= 15 is 0 Å².